The number of aromatic nitrogens is 3. The summed E-state index contributed by atoms with van der Waals surface area (Å²) >= 11 is 3.17. The maximum atomic E-state index is 12.0. The van der Waals surface area contributed by atoms with E-state index < -0.39 is 0 Å². The van der Waals surface area contributed by atoms with Gasteiger partial charge in [0.1, 0.15) is 4.60 Å². The van der Waals surface area contributed by atoms with Gasteiger partial charge in [0.05, 0.1) is 29.8 Å². The maximum Gasteiger partial charge on any atom is 0.259 e. The first-order valence-electron chi connectivity index (χ1n) is 5.11. The van der Waals surface area contributed by atoms with E-state index in [1.165, 1.54) is 12.4 Å². The van der Waals surface area contributed by atoms with Gasteiger partial charge in [-0.05, 0) is 22.0 Å². The Balaban J connectivity index is 2.19. The summed E-state index contributed by atoms with van der Waals surface area (Å²) in [5, 5.41) is 5.56. The van der Waals surface area contributed by atoms with Crippen LogP contribution in [0.25, 0.3) is 0 Å². The second-order valence-electron chi connectivity index (χ2n) is 3.35. The minimum Gasteiger partial charge on any atom is -0.386 e. The van der Waals surface area contributed by atoms with Crippen LogP contribution in [0.3, 0.4) is 0 Å². The van der Waals surface area contributed by atoms with E-state index in [0.717, 1.165) is 0 Å². The van der Waals surface area contributed by atoms with Crippen LogP contribution in [0.15, 0.2) is 35.5 Å². The highest BCUT2D eigenvalue weighted by Gasteiger charge is 2.11. The van der Waals surface area contributed by atoms with Gasteiger partial charge in [0, 0.05) is 13.2 Å². The van der Waals surface area contributed by atoms with Gasteiger partial charge in [-0.25, -0.2) is 9.97 Å². The Hall–Kier alpha value is -2.02. The van der Waals surface area contributed by atoms with Crippen LogP contribution in [-0.4, -0.2) is 27.9 Å². The highest BCUT2D eigenvalue weighted by atomic mass is 79.9. The van der Waals surface area contributed by atoms with Crippen molar-refractivity contribution >= 4 is 33.3 Å². The van der Waals surface area contributed by atoms with Crippen molar-refractivity contribution in [2.45, 2.75) is 0 Å². The molecule has 0 unspecified atom stereocenters. The van der Waals surface area contributed by atoms with Crippen LogP contribution in [0.5, 0.6) is 0 Å². The lowest BCUT2D eigenvalue weighted by molar-refractivity contribution is 0.102. The molecule has 0 bridgehead atoms. The lowest BCUT2D eigenvalue weighted by Gasteiger charge is -2.08. The minimum atomic E-state index is -0.265. The molecule has 2 rings (SSSR count). The topological polar surface area (TPSA) is 79.8 Å². The van der Waals surface area contributed by atoms with E-state index in [1.54, 1.807) is 25.5 Å². The van der Waals surface area contributed by atoms with Crippen LogP contribution >= 0.6 is 15.9 Å². The van der Waals surface area contributed by atoms with Gasteiger partial charge < -0.3 is 10.6 Å². The molecule has 7 heteroatoms. The Kier molecular flexibility index (Phi) is 3.83. The Morgan fingerprint density at radius 2 is 2.11 bits per heavy atom. The monoisotopic (exact) mass is 307 g/mol. The first kappa shape index (κ1) is 12.4. The van der Waals surface area contributed by atoms with Crippen LogP contribution in [0.4, 0.5) is 11.5 Å². The first-order valence-corrected chi connectivity index (χ1v) is 5.90. The standard InChI is InChI=1S/C11H10BrN5O/c1-13-8-4-14-3-2-7(8)11(18)17-10-6-15-9(12)5-16-10/h2-6,13H,1H3,(H,16,17,18). The molecular weight excluding hydrogens is 298 g/mol. The number of nitrogens with one attached hydrogen (secondary N) is 2. The number of pyridine rings is 1. The summed E-state index contributed by atoms with van der Waals surface area (Å²) in [5.41, 5.74) is 1.15. The van der Waals surface area contributed by atoms with Gasteiger partial charge in [-0.15, -0.1) is 0 Å². The molecule has 6 nitrogen and oxygen atoms in total. The zero-order valence-corrected chi connectivity index (χ0v) is 11.1. The van der Waals surface area contributed by atoms with E-state index in [4.69, 9.17) is 0 Å². The molecule has 0 atom stereocenters. The zero-order chi connectivity index (χ0) is 13.0. The first-order chi connectivity index (χ1) is 8.70. The summed E-state index contributed by atoms with van der Waals surface area (Å²) in [4.78, 5) is 24.0. The summed E-state index contributed by atoms with van der Waals surface area (Å²) in [6.07, 6.45) is 6.13. The molecule has 1 amide bonds. The van der Waals surface area contributed by atoms with Gasteiger partial charge >= 0.3 is 0 Å². The summed E-state index contributed by atoms with van der Waals surface area (Å²) in [7, 11) is 1.73. The second-order valence-corrected chi connectivity index (χ2v) is 4.16. The Morgan fingerprint density at radius 1 is 1.28 bits per heavy atom. The number of carbonyl (C=O) groups excluding carboxylic acids is 1. The molecule has 2 N–H and O–H groups in total. The number of hydrogen-bond donors (Lipinski definition) is 2. The van der Waals surface area contributed by atoms with Crippen molar-refractivity contribution in [3.8, 4) is 0 Å². The number of nitrogens with zero attached hydrogens (tertiary/aromatic N) is 3. The van der Waals surface area contributed by atoms with Crippen molar-refractivity contribution in [2.75, 3.05) is 17.7 Å². The number of amides is 1. The summed E-state index contributed by atoms with van der Waals surface area (Å²) in [6.45, 7) is 0. The van der Waals surface area contributed by atoms with Gasteiger partial charge in [0.25, 0.3) is 5.91 Å². The molecule has 0 spiro atoms. The summed E-state index contributed by atoms with van der Waals surface area (Å²) in [6, 6.07) is 1.63. The van der Waals surface area contributed by atoms with E-state index in [-0.39, 0.29) is 5.91 Å². The summed E-state index contributed by atoms with van der Waals surface area (Å²) < 4.78 is 0.611. The number of anilines is 2. The Morgan fingerprint density at radius 3 is 2.78 bits per heavy atom. The molecule has 2 heterocycles. The molecule has 0 fully saturated rings. The minimum absolute atomic E-state index is 0.265. The second kappa shape index (κ2) is 5.54. The van der Waals surface area contributed by atoms with E-state index in [9.17, 15) is 4.79 Å². The average molecular weight is 308 g/mol. The number of halogens is 1. The fourth-order valence-corrected chi connectivity index (χ4v) is 1.56. The fraction of sp³-hybridized carbons (Fsp3) is 0.0909. The van der Waals surface area contributed by atoms with Crippen LogP contribution in [0.1, 0.15) is 10.4 Å². The SMILES string of the molecule is CNc1cnccc1C(=O)Nc1cnc(Br)cn1. The molecule has 0 aromatic carbocycles. The number of hydrogen-bond acceptors (Lipinski definition) is 5. The van der Waals surface area contributed by atoms with Gasteiger partial charge in [-0.2, -0.15) is 0 Å². The van der Waals surface area contributed by atoms with Crippen molar-refractivity contribution in [2.24, 2.45) is 0 Å². The molecule has 92 valence electrons. The van der Waals surface area contributed by atoms with Crippen molar-refractivity contribution in [3.05, 3.63) is 41.0 Å². The Labute approximate surface area is 112 Å². The van der Waals surface area contributed by atoms with Gasteiger partial charge in [-0.1, -0.05) is 0 Å². The highest BCUT2D eigenvalue weighted by molar-refractivity contribution is 9.10. The summed E-state index contributed by atoms with van der Waals surface area (Å²) in [5.74, 6) is 0.125. The van der Waals surface area contributed by atoms with Crippen LogP contribution in [-0.2, 0) is 0 Å². The van der Waals surface area contributed by atoms with Crippen molar-refractivity contribution in [3.63, 3.8) is 0 Å². The lowest BCUT2D eigenvalue weighted by atomic mass is 10.2. The molecule has 0 aliphatic heterocycles. The normalized spacial score (nSPS) is 9.89. The van der Waals surface area contributed by atoms with Gasteiger partial charge in [-0.3, -0.25) is 9.78 Å². The predicted molar refractivity (Wildman–Crippen MR) is 71.5 cm³/mol. The average Bonchev–Trinajstić information content (AvgIpc) is 2.41. The Bertz CT molecular complexity index is 558. The van der Waals surface area contributed by atoms with Crippen LogP contribution in [0, 0.1) is 0 Å². The van der Waals surface area contributed by atoms with Crippen LogP contribution in [0.2, 0.25) is 0 Å². The van der Waals surface area contributed by atoms with Crippen molar-refractivity contribution in [1.82, 2.24) is 15.0 Å². The largest absolute Gasteiger partial charge is 0.386 e. The molecule has 2 aromatic heterocycles. The molecule has 0 aliphatic carbocycles. The number of rotatable bonds is 3. The quantitative estimate of drug-likeness (QED) is 0.905. The van der Waals surface area contributed by atoms with Crippen LogP contribution < -0.4 is 10.6 Å². The highest BCUT2D eigenvalue weighted by Crippen LogP contribution is 2.14. The molecule has 0 aliphatic rings. The lowest BCUT2D eigenvalue weighted by Crippen LogP contribution is -2.15. The molecule has 2 aromatic rings. The maximum absolute atomic E-state index is 12.0. The smallest absolute Gasteiger partial charge is 0.259 e. The molecule has 0 radical (unpaired) electrons. The van der Waals surface area contributed by atoms with E-state index in [1.807, 2.05) is 0 Å². The third-order valence-corrected chi connectivity index (χ3v) is 2.61. The van der Waals surface area contributed by atoms with E-state index in [0.29, 0.717) is 21.7 Å². The van der Waals surface area contributed by atoms with Crippen molar-refractivity contribution < 1.29 is 4.79 Å². The molecule has 0 saturated heterocycles. The van der Waals surface area contributed by atoms with Gasteiger partial charge in [0.15, 0.2) is 5.82 Å². The zero-order valence-electron chi connectivity index (χ0n) is 9.51. The van der Waals surface area contributed by atoms with E-state index >= 15 is 0 Å². The number of carbonyl (C=O) groups is 1. The molecule has 0 saturated carbocycles. The third kappa shape index (κ3) is 2.80. The van der Waals surface area contributed by atoms with Gasteiger partial charge in [0.2, 0.25) is 0 Å². The fourth-order valence-electron chi connectivity index (χ4n) is 1.35. The third-order valence-electron chi connectivity index (χ3n) is 2.20. The predicted octanol–water partition coefficient (Wildman–Crippen LogP) is 1.93. The van der Waals surface area contributed by atoms with Crippen molar-refractivity contribution in [1.29, 1.82) is 0 Å². The molecular formula is C11H10BrN5O. The molecule has 18 heavy (non-hydrogen) atoms. The van der Waals surface area contributed by atoms with E-state index in [2.05, 4.69) is 41.5 Å².